The van der Waals surface area contributed by atoms with Crippen molar-refractivity contribution in [3.05, 3.63) is 29.3 Å². The Balaban J connectivity index is 0.00000196. The summed E-state index contributed by atoms with van der Waals surface area (Å²) in [6.07, 6.45) is 0. The molecule has 0 atom stereocenters. The Morgan fingerprint density at radius 3 is 2.53 bits per heavy atom. The van der Waals surface area contributed by atoms with Crippen LogP contribution >= 0.6 is 0 Å². The summed E-state index contributed by atoms with van der Waals surface area (Å²) in [4.78, 5) is 10.7. The van der Waals surface area contributed by atoms with Gasteiger partial charge >= 0.3 is 35.5 Å². The summed E-state index contributed by atoms with van der Waals surface area (Å²) < 4.78 is 9.99. The van der Waals surface area contributed by atoms with E-state index in [-0.39, 0.29) is 35.1 Å². The van der Waals surface area contributed by atoms with Crippen LogP contribution in [0.1, 0.15) is 15.9 Å². The van der Waals surface area contributed by atoms with Crippen molar-refractivity contribution in [3.8, 4) is 5.75 Å². The number of hydrogen-bond acceptors (Lipinski definition) is 3. The Morgan fingerprint density at radius 1 is 1.40 bits per heavy atom. The first kappa shape index (κ1) is 14.5. The monoisotopic (exact) mass is 220 g/mol. The van der Waals surface area contributed by atoms with E-state index in [9.17, 15) is 4.79 Å². The minimum absolute atomic E-state index is 0. The van der Waals surface area contributed by atoms with Gasteiger partial charge in [-0.25, -0.2) is 4.79 Å². The predicted molar refractivity (Wildman–Crippen MR) is 57.8 cm³/mol. The van der Waals surface area contributed by atoms with Crippen LogP contribution in [0, 0.1) is 0 Å². The van der Waals surface area contributed by atoms with E-state index in [0.717, 1.165) is 5.56 Å². The number of hydrogen-bond donors (Lipinski definition) is 1. The second-order valence-electron chi connectivity index (χ2n) is 2.76. The van der Waals surface area contributed by atoms with Crippen molar-refractivity contribution in [1.29, 1.82) is 0 Å². The normalized spacial score (nSPS) is 9.20. The van der Waals surface area contributed by atoms with Crippen LogP contribution in [0.5, 0.6) is 5.75 Å². The molecule has 1 aromatic rings. The second kappa shape index (κ2) is 6.85. The first-order chi connectivity index (χ1) is 6.69. The zero-order valence-electron chi connectivity index (χ0n) is 8.11. The Labute approximate surface area is 110 Å². The summed E-state index contributed by atoms with van der Waals surface area (Å²) in [7, 11) is 3.07. The Bertz CT molecular complexity index is 338. The summed E-state index contributed by atoms with van der Waals surface area (Å²) in [6.45, 7) is 0.406. The molecule has 0 bridgehead atoms. The number of carboxylic acids is 1. The second-order valence-corrected chi connectivity index (χ2v) is 2.76. The summed E-state index contributed by atoms with van der Waals surface area (Å²) in [5.41, 5.74) is 1.04. The van der Waals surface area contributed by atoms with Crippen molar-refractivity contribution in [1.82, 2.24) is 0 Å². The fourth-order valence-corrected chi connectivity index (χ4v) is 1.15. The average Bonchev–Trinajstić information content (AvgIpc) is 2.18. The number of aromatic carboxylic acids is 1. The van der Waals surface area contributed by atoms with Gasteiger partial charge in [-0.15, -0.1) is 0 Å². The summed E-state index contributed by atoms with van der Waals surface area (Å²) >= 11 is 0. The molecule has 4 nitrogen and oxygen atoms in total. The molecule has 0 amide bonds. The van der Waals surface area contributed by atoms with Gasteiger partial charge in [-0.3, -0.25) is 0 Å². The van der Waals surface area contributed by atoms with E-state index in [2.05, 4.69) is 0 Å². The Hall–Kier alpha value is -0.550. The van der Waals surface area contributed by atoms with E-state index in [4.69, 9.17) is 14.6 Å². The molecule has 0 aromatic heterocycles. The number of ether oxygens (including phenoxy) is 2. The number of carboxylic acid groups (broad SMARTS) is 1. The Morgan fingerprint density at radius 2 is 2.07 bits per heavy atom. The van der Waals surface area contributed by atoms with Crippen LogP contribution in [0.3, 0.4) is 0 Å². The van der Waals surface area contributed by atoms with E-state index >= 15 is 0 Å². The zero-order chi connectivity index (χ0) is 10.6. The number of methoxy groups -OCH3 is 2. The van der Waals surface area contributed by atoms with E-state index in [0.29, 0.717) is 12.4 Å². The van der Waals surface area contributed by atoms with Crippen molar-refractivity contribution in [2.45, 2.75) is 6.61 Å². The van der Waals surface area contributed by atoms with Gasteiger partial charge in [0.15, 0.2) is 0 Å². The predicted octanol–water partition coefficient (Wildman–Crippen LogP) is 0.891. The summed E-state index contributed by atoms with van der Waals surface area (Å²) in [5, 5.41) is 8.74. The van der Waals surface area contributed by atoms with Crippen LogP contribution in [0.4, 0.5) is 0 Å². The third-order valence-electron chi connectivity index (χ3n) is 1.83. The number of rotatable bonds is 4. The molecule has 0 heterocycles. The van der Waals surface area contributed by atoms with Crippen LogP contribution < -0.4 is 4.74 Å². The quantitative estimate of drug-likeness (QED) is 0.766. The number of benzene rings is 1. The first-order valence-corrected chi connectivity index (χ1v) is 4.08. The van der Waals surface area contributed by atoms with Gasteiger partial charge in [0.1, 0.15) is 5.75 Å². The summed E-state index contributed by atoms with van der Waals surface area (Å²) in [6, 6.07) is 4.70. The fraction of sp³-hybridized carbons (Fsp3) is 0.300. The Kier molecular flexibility index (Phi) is 6.60. The van der Waals surface area contributed by atoms with Crippen molar-refractivity contribution >= 4 is 35.5 Å². The molecule has 0 aliphatic carbocycles. The standard InChI is InChI=1S/C10H12O4.Na.H/c1-13-6-8-4-3-7(10(11)12)5-9(8)14-2;;/h3-5H,6H2,1-2H3,(H,11,12);;. The molecule has 0 aliphatic rings. The first-order valence-electron chi connectivity index (χ1n) is 4.08. The van der Waals surface area contributed by atoms with Gasteiger partial charge in [0.05, 0.1) is 19.3 Å². The third kappa shape index (κ3) is 3.83. The zero-order valence-corrected chi connectivity index (χ0v) is 8.11. The molecule has 0 radical (unpaired) electrons. The van der Waals surface area contributed by atoms with Crippen molar-refractivity contribution in [2.24, 2.45) is 0 Å². The van der Waals surface area contributed by atoms with Gasteiger partial charge in [-0.2, -0.15) is 0 Å². The van der Waals surface area contributed by atoms with Crippen molar-refractivity contribution in [2.75, 3.05) is 14.2 Å². The van der Waals surface area contributed by atoms with E-state index in [1.807, 2.05) is 0 Å². The van der Waals surface area contributed by atoms with Gasteiger partial charge in [0, 0.05) is 12.7 Å². The molecule has 0 spiro atoms. The molecule has 5 heteroatoms. The third-order valence-corrected chi connectivity index (χ3v) is 1.83. The van der Waals surface area contributed by atoms with Crippen LogP contribution in [0.25, 0.3) is 0 Å². The molecule has 1 rings (SSSR count). The molecule has 0 fully saturated rings. The van der Waals surface area contributed by atoms with Gasteiger partial charge in [0.2, 0.25) is 0 Å². The molecule has 15 heavy (non-hydrogen) atoms. The molecular weight excluding hydrogens is 207 g/mol. The SMILES string of the molecule is COCc1ccc(C(=O)O)cc1OC.[NaH]. The molecule has 1 aromatic carbocycles. The van der Waals surface area contributed by atoms with E-state index < -0.39 is 5.97 Å². The molecule has 0 saturated heterocycles. The van der Waals surface area contributed by atoms with Gasteiger partial charge in [0.25, 0.3) is 0 Å². The fourth-order valence-electron chi connectivity index (χ4n) is 1.15. The van der Waals surface area contributed by atoms with Crippen LogP contribution in [-0.4, -0.2) is 54.9 Å². The minimum atomic E-state index is -0.965. The molecule has 78 valence electrons. The summed E-state index contributed by atoms with van der Waals surface area (Å²) in [5.74, 6) is -0.431. The maximum atomic E-state index is 10.7. The van der Waals surface area contributed by atoms with E-state index in [1.54, 1.807) is 13.2 Å². The molecular formula is C10H13NaO4. The molecule has 0 saturated carbocycles. The topological polar surface area (TPSA) is 55.8 Å². The van der Waals surface area contributed by atoms with Gasteiger partial charge < -0.3 is 14.6 Å². The van der Waals surface area contributed by atoms with Crippen molar-refractivity contribution in [3.63, 3.8) is 0 Å². The molecule has 0 aliphatic heterocycles. The molecule has 1 N–H and O–H groups in total. The van der Waals surface area contributed by atoms with Crippen LogP contribution in [0.2, 0.25) is 0 Å². The van der Waals surface area contributed by atoms with Gasteiger partial charge in [-0.1, -0.05) is 6.07 Å². The maximum absolute atomic E-state index is 10.7. The molecule has 0 unspecified atom stereocenters. The van der Waals surface area contributed by atoms with Gasteiger partial charge in [-0.05, 0) is 12.1 Å². The van der Waals surface area contributed by atoms with Crippen LogP contribution in [-0.2, 0) is 11.3 Å². The number of carbonyl (C=O) groups is 1. The van der Waals surface area contributed by atoms with E-state index in [1.165, 1.54) is 19.2 Å². The average molecular weight is 220 g/mol. The van der Waals surface area contributed by atoms with Crippen LogP contribution in [0.15, 0.2) is 18.2 Å². The van der Waals surface area contributed by atoms with Crippen molar-refractivity contribution < 1.29 is 19.4 Å².